The van der Waals surface area contributed by atoms with Gasteiger partial charge in [0.15, 0.2) is 6.23 Å². The molecule has 0 spiro atoms. The Hall–Kier alpha value is -3.79. The molecule has 0 radical (unpaired) electrons. The van der Waals surface area contributed by atoms with Crippen LogP contribution in [0.5, 0.6) is 5.75 Å². The highest BCUT2D eigenvalue weighted by molar-refractivity contribution is 5.93. The molecule has 0 bridgehead atoms. The lowest BCUT2D eigenvalue weighted by Gasteiger charge is -2.16. The summed E-state index contributed by atoms with van der Waals surface area (Å²) < 4.78 is 17.2. The molecule has 1 aliphatic heterocycles. The predicted octanol–water partition coefficient (Wildman–Crippen LogP) is 1.44. The van der Waals surface area contributed by atoms with Gasteiger partial charge in [-0.15, -0.1) is 0 Å². The van der Waals surface area contributed by atoms with Crippen LogP contribution in [0.2, 0.25) is 0 Å². The van der Waals surface area contributed by atoms with Gasteiger partial charge in [-0.2, -0.15) is 4.98 Å². The Bertz CT molecular complexity index is 1060. The Morgan fingerprint density at radius 3 is 2.63 bits per heavy atom. The third-order valence-electron chi connectivity index (χ3n) is 3.95. The molecule has 2 heterocycles. The fraction of sp³-hybridized carbons (Fsp3) is 0.250. The van der Waals surface area contributed by atoms with Crippen molar-refractivity contribution in [2.45, 2.75) is 26.2 Å². The molecule has 156 valence electrons. The predicted molar refractivity (Wildman–Crippen MR) is 104 cm³/mol. The number of carbonyl (C=O) groups is 3. The van der Waals surface area contributed by atoms with Crippen molar-refractivity contribution >= 4 is 23.7 Å². The van der Waals surface area contributed by atoms with Gasteiger partial charge in [-0.1, -0.05) is 18.2 Å². The fourth-order valence-corrected chi connectivity index (χ4v) is 2.71. The Morgan fingerprint density at radius 1 is 1.17 bits per heavy atom. The molecule has 2 atom stereocenters. The Labute approximate surface area is 171 Å². The van der Waals surface area contributed by atoms with Gasteiger partial charge in [0.1, 0.15) is 29.8 Å². The summed E-state index contributed by atoms with van der Waals surface area (Å²) >= 11 is 0. The maximum Gasteiger partial charge on any atom is 0.351 e. The van der Waals surface area contributed by atoms with Crippen molar-refractivity contribution in [3.05, 3.63) is 64.7 Å². The van der Waals surface area contributed by atoms with Gasteiger partial charge in [0.2, 0.25) is 5.91 Å². The fourth-order valence-electron chi connectivity index (χ4n) is 2.71. The smallest absolute Gasteiger partial charge is 0.351 e. The van der Waals surface area contributed by atoms with E-state index in [1.54, 1.807) is 24.3 Å². The molecule has 1 N–H and O–H groups in total. The van der Waals surface area contributed by atoms with Crippen molar-refractivity contribution in [2.24, 2.45) is 0 Å². The lowest BCUT2D eigenvalue weighted by molar-refractivity contribution is -0.131. The monoisotopic (exact) mass is 413 g/mol. The van der Waals surface area contributed by atoms with Gasteiger partial charge in [0.05, 0.1) is 0 Å². The number of hydrogen-bond donors (Lipinski definition) is 1. The molecular weight excluding hydrogens is 394 g/mol. The summed E-state index contributed by atoms with van der Waals surface area (Å²) in [6, 6.07) is 7.70. The highest BCUT2D eigenvalue weighted by atomic mass is 16.6. The van der Waals surface area contributed by atoms with E-state index in [1.807, 2.05) is 0 Å². The van der Waals surface area contributed by atoms with Gasteiger partial charge >= 0.3 is 17.6 Å². The highest BCUT2D eigenvalue weighted by Gasteiger charge is 2.24. The van der Waals surface area contributed by atoms with Crippen molar-refractivity contribution in [1.82, 2.24) is 9.55 Å². The van der Waals surface area contributed by atoms with Crippen LogP contribution >= 0.6 is 0 Å². The van der Waals surface area contributed by atoms with Gasteiger partial charge in [-0.05, 0) is 24.3 Å². The van der Waals surface area contributed by atoms with E-state index < -0.39 is 30.0 Å². The Kier molecular flexibility index (Phi) is 6.38. The standard InChI is InChI=1S/C20H19N3O7/c1-12(24)21-17-9-10-23(20(27)22-17)18-8-7-14(30-18)11-28-19(26)15-5-3-4-6-16(15)29-13(2)25/h3-10,14,18H,11H2,1-2H3,(H,21,22,24,27)/t14-,18+/m0/s1. The minimum atomic E-state index is -0.728. The number of anilines is 1. The minimum absolute atomic E-state index is 0.104. The topological polar surface area (TPSA) is 126 Å². The van der Waals surface area contributed by atoms with E-state index in [0.29, 0.717) is 0 Å². The van der Waals surface area contributed by atoms with E-state index in [1.165, 1.54) is 42.8 Å². The molecule has 1 aromatic carbocycles. The minimum Gasteiger partial charge on any atom is -0.459 e. The molecular formula is C20H19N3O7. The summed E-state index contributed by atoms with van der Waals surface area (Å²) in [5.41, 5.74) is -0.496. The molecule has 0 fully saturated rings. The van der Waals surface area contributed by atoms with Crippen LogP contribution in [0.25, 0.3) is 0 Å². The van der Waals surface area contributed by atoms with Crippen molar-refractivity contribution in [2.75, 3.05) is 11.9 Å². The average molecular weight is 413 g/mol. The molecule has 1 amide bonds. The van der Waals surface area contributed by atoms with Gasteiger partial charge in [0, 0.05) is 20.0 Å². The maximum atomic E-state index is 12.3. The number of amides is 1. The molecule has 0 aliphatic carbocycles. The number of para-hydroxylation sites is 1. The summed E-state index contributed by atoms with van der Waals surface area (Å²) in [6.45, 7) is 2.44. The first kappa shape index (κ1) is 20.9. The number of nitrogens with zero attached hydrogens (tertiary/aromatic N) is 2. The molecule has 0 saturated carbocycles. The number of carbonyl (C=O) groups excluding carboxylic acids is 3. The molecule has 10 nitrogen and oxygen atoms in total. The number of rotatable bonds is 6. The van der Waals surface area contributed by atoms with E-state index in [-0.39, 0.29) is 29.6 Å². The average Bonchev–Trinajstić information content (AvgIpc) is 3.14. The highest BCUT2D eigenvalue weighted by Crippen LogP contribution is 2.22. The molecule has 30 heavy (non-hydrogen) atoms. The molecule has 3 rings (SSSR count). The molecule has 1 aliphatic rings. The molecule has 10 heteroatoms. The van der Waals surface area contributed by atoms with E-state index in [9.17, 15) is 19.2 Å². The quantitative estimate of drug-likeness (QED) is 0.428. The van der Waals surface area contributed by atoms with Crippen molar-refractivity contribution in [3.8, 4) is 5.75 Å². The first-order chi connectivity index (χ1) is 14.3. The van der Waals surface area contributed by atoms with Gasteiger partial charge in [-0.3, -0.25) is 14.2 Å². The number of benzene rings is 1. The number of nitrogens with one attached hydrogen (secondary N) is 1. The van der Waals surface area contributed by atoms with Crippen LogP contribution in [0.15, 0.2) is 53.5 Å². The molecule has 1 aromatic heterocycles. The molecule has 0 saturated heterocycles. The van der Waals surface area contributed by atoms with Crippen LogP contribution < -0.4 is 15.7 Å². The SMILES string of the molecule is CC(=O)Nc1ccn([C@H]2C=C[C@@H](COC(=O)c3ccccc3OC(C)=O)O2)c(=O)n1. The second-order valence-corrected chi connectivity index (χ2v) is 6.32. The van der Waals surface area contributed by atoms with E-state index in [0.717, 1.165) is 0 Å². The third kappa shape index (κ3) is 5.17. The summed E-state index contributed by atoms with van der Waals surface area (Å²) in [4.78, 5) is 50.5. The van der Waals surface area contributed by atoms with E-state index in [4.69, 9.17) is 14.2 Å². The molecule has 0 unspecified atom stereocenters. The number of esters is 2. The maximum absolute atomic E-state index is 12.3. The number of ether oxygens (including phenoxy) is 3. The largest absolute Gasteiger partial charge is 0.459 e. The lowest BCUT2D eigenvalue weighted by Crippen LogP contribution is -2.29. The summed E-state index contributed by atoms with van der Waals surface area (Å²) in [5, 5.41) is 2.43. The van der Waals surface area contributed by atoms with Crippen molar-refractivity contribution in [1.29, 1.82) is 0 Å². The van der Waals surface area contributed by atoms with E-state index >= 15 is 0 Å². The summed E-state index contributed by atoms with van der Waals surface area (Å²) in [6.07, 6.45) is 3.42. The number of hydrogen-bond acceptors (Lipinski definition) is 8. The number of aromatic nitrogens is 2. The van der Waals surface area contributed by atoms with Gasteiger partial charge < -0.3 is 19.5 Å². The third-order valence-corrected chi connectivity index (χ3v) is 3.95. The van der Waals surface area contributed by atoms with Crippen LogP contribution in [-0.4, -0.2) is 40.1 Å². The second-order valence-electron chi connectivity index (χ2n) is 6.32. The van der Waals surface area contributed by atoms with Crippen LogP contribution in [0.3, 0.4) is 0 Å². The normalized spacial score (nSPS) is 17.4. The Morgan fingerprint density at radius 2 is 1.93 bits per heavy atom. The molecule has 2 aromatic rings. The van der Waals surface area contributed by atoms with Crippen molar-refractivity contribution in [3.63, 3.8) is 0 Å². The first-order valence-electron chi connectivity index (χ1n) is 8.98. The zero-order valence-electron chi connectivity index (χ0n) is 16.2. The summed E-state index contributed by atoms with van der Waals surface area (Å²) in [7, 11) is 0. The van der Waals surface area contributed by atoms with Crippen LogP contribution in [0, 0.1) is 0 Å². The van der Waals surface area contributed by atoms with Gasteiger partial charge in [-0.25, -0.2) is 9.59 Å². The van der Waals surface area contributed by atoms with Crippen molar-refractivity contribution < 1.29 is 28.6 Å². The second kappa shape index (κ2) is 9.14. The van der Waals surface area contributed by atoms with Crippen LogP contribution in [-0.2, 0) is 19.1 Å². The summed E-state index contributed by atoms with van der Waals surface area (Å²) in [5.74, 6) is -1.32. The van der Waals surface area contributed by atoms with Gasteiger partial charge in [0.25, 0.3) is 0 Å². The van der Waals surface area contributed by atoms with E-state index in [2.05, 4.69) is 10.3 Å². The lowest BCUT2D eigenvalue weighted by atomic mass is 10.2. The van der Waals surface area contributed by atoms with Crippen LogP contribution in [0.4, 0.5) is 5.82 Å². The van der Waals surface area contributed by atoms with Crippen LogP contribution in [0.1, 0.15) is 30.4 Å². The zero-order chi connectivity index (χ0) is 21.7. The Balaban J connectivity index is 1.59. The zero-order valence-corrected chi connectivity index (χ0v) is 16.2. The first-order valence-corrected chi connectivity index (χ1v) is 8.98.